The second-order valence-corrected chi connectivity index (χ2v) is 10.5. The lowest BCUT2D eigenvalue weighted by Gasteiger charge is -2.22. The molecule has 3 aromatic carbocycles. The van der Waals surface area contributed by atoms with E-state index in [-0.39, 0.29) is 16.8 Å². The number of amides is 1. The number of anilines is 1. The number of fused-ring (bicyclic) bond motifs is 2. The maximum absolute atomic E-state index is 13.9. The van der Waals surface area contributed by atoms with E-state index in [0.29, 0.717) is 45.5 Å². The zero-order valence-corrected chi connectivity index (χ0v) is 22.2. The van der Waals surface area contributed by atoms with Gasteiger partial charge in [0, 0.05) is 5.02 Å². The number of aromatic nitrogens is 2. The molecule has 2 aromatic heterocycles. The van der Waals surface area contributed by atoms with Gasteiger partial charge in [-0.3, -0.25) is 14.5 Å². The van der Waals surface area contributed by atoms with E-state index in [2.05, 4.69) is 10.2 Å². The molecule has 9 heteroatoms. The normalized spacial score (nSPS) is 14.8. The van der Waals surface area contributed by atoms with Gasteiger partial charge in [0.1, 0.15) is 22.9 Å². The van der Waals surface area contributed by atoms with Crippen molar-refractivity contribution in [1.82, 2.24) is 10.2 Å². The number of rotatable bonds is 6. The topological polar surface area (TPSA) is 85.5 Å². The lowest BCUT2D eigenvalue weighted by Crippen LogP contribution is -2.29. The highest BCUT2D eigenvalue weighted by atomic mass is 35.5. The summed E-state index contributed by atoms with van der Waals surface area (Å²) in [6, 6.07) is 19.8. The van der Waals surface area contributed by atoms with Gasteiger partial charge >= 0.3 is 0 Å². The highest BCUT2D eigenvalue weighted by Gasteiger charge is 2.45. The van der Waals surface area contributed by atoms with Crippen LogP contribution in [0.1, 0.15) is 50.8 Å². The summed E-state index contributed by atoms with van der Waals surface area (Å²) in [4.78, 5) is 29.2. The Morgan fingerprint density at radius 3 is 2.63 bits per heavy atom. The van der Waals surface area contributed by atoms with E-state index in [1.54, 1.807) is 12.1 Å². The smallest absolute Gasteiger partial charge is 0.297 e. The van der Waals surface area contributed by atoms with Crippen molar-refractivity contribution in [3.8, 4) is 5.75 Å². The molecule has 1 aliphatic rings. The molecule has 0 bridgehead atoms. The molecule has 3 heterocycles. The lowest BCUT2D eigenvalue weighted by molar-refractivity contribution is 0.0970. The molecule has 1 aliphatic heterocycles. The van der Waals surface area contributed by atoms with Crippen molar-refractivity contribution < 1.29 is 13.9 Å². The zero-order chi connectivity index (χ0) is 26.4. The predicted octanol–water partition coefficient (Wildman–Crippen LogP) is 6.50. The summed E-state index contributed by atoms with van der Waals surface area (Å²) in [5.41, 5.74) is 2.73. The van der Waals surface area contributed by atoms with Gasteiger partial charge in [-0.15, -0.1) is 10.2 Å². The van der Waals surface area contributed by atoms with Crippen LogP contribution in [-0.4, -0.2) is 16.1 Å². The molecular weight excluding hydrogens is 522 g/mol. The molecule has 0 radical (unpaired) electrons. The quantitative estimate of drug-likeness (QED) is 0.243. The summed E-state index contributed by atoms with van der Waals surface area (Å²) in [6.07, 6.45) is 0.680. The fourth-order valence-corrected chi connectivity index (χ4v) is 5.58. The Bertz CT molecular complexity index is 1750. The van der Waals surface area contributed by atoms with Crippen LogP contribution in [0.4, 0.5) is 5.13 Å². The molecular formula is C29H22ClN3O4S. The molecule has 0 saturated heterocycles. The maximum Gasteiger partial charge on any atom is 0.297 e. The predicted molar refractivity (Wildman–Crippen MR) is 147 cm³/mol. The fourth-order valence-electron chi connectivity index (χ4n) is 4.61. The molecule has 0 saturated carbocycles. The van der Waals surface area contributed by atoms with E-state index in [1.165, 1.54) is 16.2 Å². The number of halogens is 1. The highest BCUT2D eigenvalue weighted by molar-refractivity contribution is 7.15. The monoisotopic (exact) mass is 543 g/mol. The van der Waals surface area contributed by atoms with Crippen LogP contribution in [0.2, 0.25) is 5.02 Å². The summed E-state index contributed by atoms with van der Waals surface area (Å²) in [5.74, 6) is 0.173. The fraction of sp³-hybridized carbons (Fsp3) is 0.172. The van der Waals surface area contributed by atoms with Crippen molar-refractivity contribution in [3.63, 3.8) is 0 Å². The van der Waals surface area contributed by atoms with Gasteiger partial charge in [-0.25, -0.2) is 0 Å². The average molecular weight is 544 g/mol. The highest BCUT2D eigenvalue weighted by Crippen LogP contribution is 2.43. The lowest BCUT2D eigenvalue weighted by atomic mass is 9.98. The molecule has 1 amide bonds. The molecule has 38 heavy (non-hydrogen) atoms. The van der Waals surface area contributed by atoms with Crippen LogP contribution in [0.15, 0.2) is 75.9 Å². The third-order valence-corrected chi connectivity index (χ3v) is 8.01. The summed E-state index contributed by atoms with van der Waals surface area (Å²) >= 11 is 7.67. The van der Waals surface area contributed by atoms with Gasteiger partial charge in [0.25, 0.3) is 5.91 Å². The largest absolute Gasteiger partial charge is 0.489 e. The second-order valence-electron chi connectivity index (χ2n) is 9.03. The number of ether oxygens (including phenoxy) is 1. The molecule has 0 fully saturated rings. The third kappa shape index (κ3) is 4.15. The zero-order valence-electron chi connectivity index (χ0n) is 20.6. The van der Waals surface area contributed by atoms with Crippen molar-refractivity contribution in [2.75, 3.05) is 4.90 Å². The molecule has 1 unspecified atom stereocenters. The van der Waals surface area contributed by atoms with Gasteiger partial charge in [-0.2, -0.15) is 0 Å². The van der Waals surface area contributed by atoms with Gasteiger partial charge in [-0.05, 0) is 54.3 Å². The number of hydrogen-bond donors (Lipinski definition) is 0. The van der Waals surface area contributed by atoms with Crippen molar-refractivity contribution in [1.29, 1.82) is 0 Å². The minimum Gasteiger partial charge on any atom is -0.489 e. The Balaban J connectivity index is 1.50. The maximum atomic E-state index is 13.9. The minimum absolute atomic E-state index is 0.00178. The number of benzene rings is 3. The second kappa shape index (κ2) is 9.70. The minimum atomic E-state index is -0.767. The van der Waals surface area contributed by atoms with Crippen LogP contribution in [0.25, 0.3) is 11.0 Å². The molecule has 6 rings (SSSR count). The van der Waals surface area contributed by atoms with Crippen molar-refractivity contribution >= 4 is 44.9 Å². The molecule has 5 aromatic rings. The van der Waals surface area contributed by atoms with Crippen LogP contribution in [0, 0.1) is 6.92 Å². The Kier molecular flexibility index (Phi) is 6.21. The van der Waals surface area contributed by atoms with E-state index in [4.69, 9.17) is 20.8 Å². The first kappa shape index (κ1) is 24.3. The van der Waals surface area contributed by atoms with Crippen LogP contribution >= 0.6 is 22.9 Å². The number of aryl methyl sites for hydroxylation is 2. The Morgan fingerprint density at radius 1 is 1.05 bits per heavy atom. The SMILES string of the molecule is CCc1nnc(N2C(=O)c3oc4cc(C)c(Cl)cc4c(=O)c3C2c2cccc(OCc3ccccc3)c2)s1. The van der Waals surface area contributed by atoms with Gasteiger partial charge in [-0.1, -0.05) is 72.3 Å². The summed E-state index contributed by atoms with van der Waals surface area (Å²) < 4.78 is 12.1. The number of carbonyl (C=O) groups excluding carboxylic acids is 1. The number of nitrogens with zero attached hydrogens (tertiary/aromatic N) is 3. The standard InChI is InChI=1S/C29H22ClN3O4S/c1-3-23-31-32-29(38-23)33-25(18-10-7-11-19(13-18)36-15-17-8-5-4-6-9-17)24-26(34)20-14-21(30)16(2)12-22(20)37-27(24)28(33)35/h4-14,25H,3,15H2,1-2H3. The van der Waals surface area contributed by atoms with Crippen LogP contribution in [0.3, 0.4) is 0 Å². The van der Waals surface area contributed by atoms with E-state index < -0.39 is 11.9 Å². The molecule has 0 spiro atoms. The average Bonchev–Trinajstić information content (AvgIpc) is 3.52. The first-order chi connectivity index (χ1) is 18.4. The Hall–Kier alpha value is -4.01. The molecule has 7 nitrogen and oxygen atoms in total. The van der Waals surface area contributed by atoms with Gasteiger partial charge < -0.3 is 9.15 Å². The third-order valence-electron chi connectivity index (χ3n) is 6.54. The first-order valence-electron chi connectivity index (χ1n) is 12.1. The van der Waals surface area contributed by atoms with Crippen molar-refractivity contribution in [3.05, 3.63) is 115 Å². The summed E-state index contributed by atoms with van der Waals surface area (Å²) in [7, 11) is 0. The van der Waals surface area contributed by atoms with E-state index in [1.807, 2.05) is 68.4 Å². The number of carbonyl (C=O) groups is 1. The number of hydrogen-bond acceptors (Lipinski definition) is 7. The van der Waals surface area contributed by atoms with E-state index in [9.17, 15) is 9.59 Å². The van der Waals surface area contributed by atoms with E-state index >= 15 is 0 Å². The van der Waals surface area contributed by atoms with Gasteiger partial charge in [0.15, 0.2) is 5.43 Å². The molecule has 0 N–H and O–H groups in total. The molecule has 1 atom stereocenters. The first-order valence-corrected chi connectivity index (χ1v) is 13.3. The van der Waals surface area contributed by atoms with E-state index in [0.717, 1.165) is 16.1 Å². The summed E-state index contributed by atoms with van der Waals surface area (Å²) in [6.45, 7) is 4.18. The van der Waals surface area contributed by atoms with Crippen molar-refractivity contribution in [2.45, 2.75) is 32.9 Å². The molecule has 190 valence electrons. The van der Waals surface area contributed by atoms with Crippen LogP contribution in [0.5, 0.6) is 5.75 Å². The van der Waals surface area contributed by atoms with Gasteiger partial charge in [0.05, 0.1) is 17.0 Å². The summed E-state index contributed by atoms with van der Waals surface area (Å²) in [5, 5.41) is 10.5. The Labute approximate surface area is 227 Å². The Morgan fingerprint density at radius 2 is 1.87 bits per heavy atom. The van der Waals surface area contributed by atoms with Crippen molar-refractivity contribution in [2.24, 2.45) is 0 Å². The van der Waals surface area contributed by atoms with Crippen LogP contribution in [-0.2, 0) is 13.0 Å². The van der Waals surface area contributed by atoms with Gasteiger partial charge in [0.2, 0.25) is 10.9 Å². The van der Waals surface area contributed by atoms with Crippen LogP contribution < -0.4 is 15.1 Å². The molecule has 0 aliphatic carbocycles.